The van der Waals surface area contributed by atoms with Gasteiger partial charge in [-0.2, -0.15) is 0 Å². The Kier molecular flexibility index (Phi) is 10.6. The van der Waals surface area contributed by atoms with Gasteiger partial charge in [-0.25, -0.2) is 4.98 Å². The molecule has 2 rings (SSSR count). The van der Waals surface area contributed by atoms with E-state index >= 15 is 0 Å². The number of nitrogens with one attached hydrogen (secondary N) is 1. The number of hydrogen-bond donors (Lipinski definition) is 2. The molecule has 0 bridgehead atoms. The van der Waals surface area contributed by atoms with Crippen molar-refractivity contribution in [3.05, 3.63) is 11.1 Å². The number of thiazole rings is 1. The Morgan fingerprint density at radius 2 is 2.13 bits per heavy atom. The first-order chi connectivity index (χ1) is 10.8. The summed E-state index contributed by atoms with van der Waals surface area (Å²) < 4.78 is 0. The summed E-state index contributed by atoms with van der Waals surface area (Å²) in [6.07, 6.45) is 8.39. The summed E-state index contributed by atoms with van der Waals surface area (Å²) in [4.78, 5) is 11.4. The predicted molar refractivity (Wildman–Crippen MR) is 111 cm³/mol. The minimum absolute atomic E-state index is 0. The molecule has 1 aromatic heterocycles. The zero-order valence-corrected chi connectivity index (χ0v) is 17.2. The van der Waals surface area contributed by atoms with Crippen LogP contribution in [0.25, 0.3) is 0 Å². The van der Waals surface area contributed by atoms with Crippen molar-refractivity contribution in [1.29, 1.82) is 0 Å². The molecule has 0 spiro atoms. The molecule has 1 aromatic rings. The molecule has 23 heavy (non-hydrogen) atoms. The van der Waals surface area contributed by atoms with Crippen LogP contribution in [0.5, 0.6) is 0 Å². The minimum atomic E-state index is 0. The van der Waals surface area contributed by atoms with Crippen LogP contribution >= 0.6 is 35.3 Å². The number of unbranched alkanes of at least 4 members (excludes halogenated alkanes) is 3. The number of guanidine groups is 1. The van der Waals surface area contributed by atoms with Gasteiger partial charge in [-0.3, -0.25) is 4.99 Å². The lowest BCUT2D eigenvalue weighted by Crippen LogP contribution is -2.33. The van der Waals surface area contributed by atoms with Gasteiger partial charge < -0.3 is 16.0 Å². The molecule has 0 atom stereocenters. The molecule has 1 fully saturated rings. The maximum atomic E-state index is 5.87. The van der Waals surface area contributed by atoms with Crippen LogP contribution < -0.4 is 16.0 Å². The molecule has 1 aliphatic rings. The molecule has 2 heterocycles. The van der Waals surface area contributed by atoms with Crippen molar-refractivity contribution in [3.8, 4) is 0 Å². The van der Waals surface area contributed by atoms with Crippen molar-refractivity contribution in [2.45, 2.75) is 51.9 Å². The van der Waals surface area contributed by atoms with Crippen molar-refractivity contribution in [2.75, 3.05) is 31.1 Å². The normalized spacial score (nSPS) is 14.8. The van der Waals surface area contributed by atoms with Crippen LogP contribution in [0, 0.1) is 0 Å². The van der Waals surface area contributed by atoms with E-state index in [9.17, 15) is 0 Å². The fourth-order valence-corrected chi connectivity index (χ4v) is 3.49. The maximum absolute atomic E-state index is 5.87. The van der Waals surface area contributed by atoms with E-state index in [1.165, 1.54) is 37.2 Å². The number of rotatable bonds is 9. The van der Waals surface area contributed by atoms with E-state index < -0.39 is 0 Å². The molecular weight excluding hydrogens is 421 g/mol. The largest absolute Gasteiger partial charge is 0.370 e. The first-order valence-corrected chi connectivity index (χ1v) is 9.40. The van der Waals surface area contributed by atoms with Crippen LogP contribution in [0.15, 0.2) is 10.4 Å². The minimum Gasteiger partial charge on any atom is -0.370 e. The standard InChI is InChI=1S/C16H29N5S.HI/c1-2-3-4-5-9-18-15(17)19-10-8-14-13-22-16(20-14)21-11-6-7-12-21;/h13H,2-12H2,1H3,(H3,17,18,19);1H. The van der Waals surface area contributed by atoms with E-state index in [1.54, 1.807) is 11.3 Å². The third kappa shape index (κ3) is 7.69. The summed E-state index contributed by atoms with van der Waals surface area (Å²) >= 11 is 1.75. The molecular formula is C16H30IN5S. The Balaban J connectivity index is 0.00000264. The Labute approximate surface area is 161 Å². The summed E-state index contributed by atoms with van der Waals surface area (Å²) in [5.41, 5.74) is 7.02. The molecule has 0 aromatic carbocycles. The Morgan fingerprint density at radius 1 is 1.35 bits per heavy atom. The molecule has 7 heteroatoms. The first kappa shape index (κ1) is 20.5. The van der Waals surface area contributed by atoms with Crippen molar-refractivity contribution in [3.63, 3.8) is 0 Å². The third-order valence-corrected chi connectivity index (χ3v) is 4.85. The van der Waals surface area contributed by atoms with Crippen LogP contribution in [0.4, 0.5) is 5.13 Å². The lowest BCUT2D eigenvalue weighted by atomic mass is 10.2. The lowest BCUT2D eigenvalue weighted by Gasteiger charge is -2.12. The molecule has 3 N–H and O–H groups in total. The fraction of sp³-hybridized carbons (Fsp3) is 0.750. The van der Waals surface area contributed by atoms with Crippen LogP contribution in [0.2, 0.25) is 0 Å². The SMILES string of the molecule is CCCCCCN=C(N)NCCc1csc(N2CCCC2)n1.I. The first-order valence-electron chi connectivity index (χ1n) is 8.52. The van der Waals surface area contributed by atoms with Gasteiger partial charge in [0.1, 0.15) is 0 Å². The average Bonchev–Trinajstić information content (AvgIpc) is 3.18. The van der Waals surface area contributed by atoms with Gasteiger partial charge >= 0.3 is 0 Å². The molecule has 0 radical (unpaired) electrons. The summed E-state index contributed by atoms with van der Waals surface area (Å²) in [6.45, 7) is 6.15. The van der Waals surface area contributed by atoms with E-state index in [0.29, 0.717) is 5.96 Å². The Hall–Kier alpha value is -0.570. The summed E-state index contributed by atoms with van der Waals surface area (Å²) in [6, 6.07) is 0. The highest BCUT2D eigenvalue weighted by molar-refractivity contribution is 14.0. The number of anilines is 1. The number of aliphatic imine (C=N–C) groups is 1. The lowest BCUT2D eigenvalue weighted by molar-refractivity contribution is 0.673. The topological polar surface area (TPSA) is 66.5 Å². The number of hydrogen-bond acceptors (Lipinski definition) is 4. The summed E-state index contributed by atoms with van der Waals surface area (Å²) in [7, 11) is 0. The third-order valence-electron chi connectivity index (χ3n) is 3.90. The average molecular weight is 451 g/mol. The van der Waals surface area contributed by atoms with Gasteiger partial charge in [-0.05, 0) is 19.3 Å². The molecule has 0 amide bonds. The van der Waals surface area contributed by atoms with E-state index in [2.05, 4.69) is 27.5 Å². The number of nitrogens with zero attached hydrogens (tertiary/aromatic N) is 3. The highest BCUT2D eigenvalue weighted by Crippen LogP contribution is 2.24. The van der Waals surface area contributed by atoms with Crippen LogP contribution in [-0.4, -0.2) is 37.1 Å². The highest BCUT2D eigenvalue weighted by Gasteiger charge is 2.15. The second kappa shape index (κ2) is 11.9. The van der Waals surface area contributed by atoms with Gasteiger partial charge in [-0.1, -0.05) is 26.2 Å². The molecule has 1 aliphatic heterocycles. The predicted octanol–water partition coefficient (Wildman–Crippen LogP) is 3.39. The smallest absolute Gasteiger partial charge is 0.188 e. The van der Waals surface area contributed by atoms with Crippen molar-refractivity contribution >= 4 is 46.4 Å². The summed E-state index contributed by atoms with van der Waals surface area (Å²) in [5.74, 6) is 0.562. The van der Waals surface area contributed by atoms with Crippen molar-refractivity contribution < 1.29 is 0 Å². The van der Waals surface area contributed by atoms with Gasteiger partial charge in [-0.15, -0.1) is 35.3 Å². The van der Waals surface area contributed by atoms with Crippen molar-refractivity contribution in [2.24, 2.45) is 10.7 Å². The molecule has 132 valence electrons. The van der Waals surface area contributed by atoms with E-state index in [-0.39, 0.29) is 24.0 Å². The Bertz CT molecular complexity index is 457. The quantitative estimate of drug-likeness (QED) is 0.262. The zero-order valence-electron chi connectivity index (χ0n) is 14.1. The molecule has 5 nitrogen and oxygen atoms in total. The van der Waals surface area contributed by atoms with E-state index in [4.69, 9.17) is 10.7 Å². The maximum Gasteiger partial charge on any atom is 0.188 e. The number of aromatic nitrogens is 1. The van der Waals surface area contributed by atoms with Crippen LogP contribution in [-0.2, 0) is 6.42 Å². The highest BCUT2D eigenvalue weighted by atomic mass is 127. The number of halogens is 1. The summed E-state index contributed by atoms with van der Waals surface area (Å²) in [5, 5.41) is 6.51. The second-order valence-corrected chi connectivity index (χ2v) is 6.66. The molecule has 0 unspecified atom stereocenters. The molecule has 0 saturated carbocycles. The molecule has 0 aliphatic carbocycles. The van der Waals surface area contributed by atoms with Crippen molar-refractivity contribution in [1.82, 2.24) is 10.3 Å². The van der Waals surface area contributed by atoms with Crippen LogP contribution in [0.3, 0.4) is 0 Å². The van der Waals surface area contributed by atoms with Gasteiger partial charge in [0.25, 0.3) is 0 Å². The monoisotopic (exact) mass is 451 g/mol. The number of nitrogens with two attached hydrogens (primary N) is 1. The Morgan fingerprint density at radius 3 is 2.87 bits per heavy atom. The van der Waals surface area contributed by atoms with Gasteiger partial charge in [0.15, 0.2) is 11.1 Å². The van der Waals surface area contributed by atoms with Crippen LogP contribution in [0.1, 0.15) is 51.1 Å². The molecule has 1 saturated heterocycles. The van der Waals surface area contributed by atoms with E-state index in [0.717, 1.165) is 44.7 Å². The van der Waals surface area contributed by atoms with Gasteiger partial charge in [0.05, 0.1) is 5.69 Å². The van der Waals surface area contributed by atoms with Gasteiger partial charge in [0.2, 0.25) is 0 Å². The fourth-order valence-electron chi connectivity index (χ4n) is 2.58. The zero-order chi connectivity index (χ0) is 15.6. The van der Waals surface area contributed by atoms with Gasteiger partial charge in [0, 0.05) is 38.0 Å². The van der Waals surface area contributed by atoms with E-state index in [1.807, 2.05) is 0 Å². The second-order valence-electron chi connectivity index (χ2n) is 5.82.